The highest BCUT2D eigenvalue weighted by Crippen LogP contribution is 2.14. The molecule has 0 fully saturated rings. The highest BCUT2D eigenvalue weighted by Gasteiger charge is 2.21. The van der Waals surface area contributed by atoms with Gasteiger partial charge >= 0.3 is 5.97 Å². The van der Waals surface area contributed by atoms with Crippen molar-refractivity contribution in [1.82, 2.24) is 9.97 Å². The monoisotopic (exact) mass is 343 g/mol. The van der Waals surface area contributed by atoms with Crippen molar-refractivity contribution in [3.63, 3.8) is 0 Å². The van der Waals surface area contributed by atoms with E-state index in [1.807, 2.05) is 0 Å². The van der Waals surface area contributed by atoms with Crippen LogP contribution in [0.1, 0.15) is 24.3 Å². The van der Waals surface area contributed by atoms with E-state index in [0.717, 1.165) is 0 Å². The number of nitrogens with two attached hydrogens (primary N) is 1. The number of carbonyl (C=O) groups excluding carboxylic acids is 3. The maximum atomic E-state index is 12.1. The van der Waals surface area contributed by atoms with Gasteiger partial charge in [-0.2, -0.15) is 0 Å². The number of ether oxygens (including phenoxy) is 1. The van der Waals surface area contributed by atoms with E-state index in [1.165, 1.54) is 26.2 Å². The topological polar surface area (TPSA) is 136 Å². The van der Waals surface area contributed by atoms with Gasteiger partial charge in [0.1, 0.15) is 0 Å². The van der Waals surface area contributed by atoms with Gasteiger partial charge in [-0.1, -0.05) is 0 Å². The minimum absolute atomic E-state index is 0.0753. The lowest BCUT2D eigenvalue weighted by molar-refractivity contribution is -0.123. The van der Waals surface area contributed by atoms with Crippen molar-refractivity contribution in [2.24, 2.45) is 0 Å². The molecule has 9 heteroatoms. The normalized spacial score (nSPS) is 11.3. The molecule has 2 amide bonds. The van der Waals surface area contributed by atoms with Crippen LogP contribution in [0.5, 0.6) is 0 Å². The van der Waals surface area contributed by atoms with Gasteiger partial charge in [-0.15, -0.1) is 0 Å². The van der Waals surface area contributed by atoms with Crippen LogP contribution >= 0.6 is 0 Å². The zero-order valence-electron chi connectivity index (χ0n) is 13.6. The van der Waals surface area contributed by atoms with Crippen molar-refractivity contribution in [2.75, 3.05) is 16.4 Å². The summed E-state index contributed by atoms with van der Waals surface area (Å²) >= 11 is 0. The first kappa shape index (κ1) is 17.9. The summed E-state index contributed by atoms with van der Waals surface area (Å²) in [6, 6.07) is 6.48. The molecule has 2 aromatic rings. The first-order valence-electron chi connectivity index (χ1n) is 7.33. The Bertz CT molecular complexity index is 791. The lowest BCUT2D eigenvalue weighted by atomic mass is 10.2. The average Bonchev–Trinajstić information content (AvgIpc) is 2.56. The van der Waals surface area contributed by atoms with Gasteiger partial charge in [0.05, 0.1) is 0 Å². The van der Waals surface area contributed by atoms with Crippen LogP contribution in [0.2, 0.25) is 0 Å². The van der Waals surface area contributed by atoms with E-state index in [-0.39, 0.29) is 17.4 Å². The molecule has 0 unspecified atom stereocenters. The molecule has 1 aromatic carbocycles. The molecule has 0 saturated heterocycles. The van der Waals surface area contributed by atoms with Gasteiger partial charge in [-0.25, -0.2) is 14.8 Å². The molecular weight excluding hydrogens is 326 g/mol. The Morgan fingerprint density at radius 2 is 1.60 bits per heavy atom. The van der Waals surface area contributed by atoms with Crippen molar-refractivity contribution < 1.29 is 19.1 Å². The van der Waals surface area contributed by atoms with E-state index >= 15 is 0 Å². The van der Waals surface area contributed by atoms with Gasteiger partial charge in [-0.05, 0) is 31.2 Å². The number of nitrogens with one attached hydrogen (secondary N) is 2. The van der Waals surface area contributed by atoms with Crippen molar-refractivity contribution >= 4 is 35.0 Å². The highest BCUT2D eigenvalue weighted by atomic mass is 16.5. The first-order chi connectivity index (χ1) is 11.9. The van der Waals surface area contributed by atoms with Crippen molar-refractivity contribution in [2.45, 2.75) is 20.0 Å². The second kappa shape index (κ2) is 7.86. The van der Waals surface area contributed by atoms with Crippen LogP contribution in [-0.2, 0) is 14.3 Å². The summed E-state index contributed by atoms with van der Waals surface area (Å²) < 4.78 is 5.04. The van der Waals surface area contributed by atoms with Gasteiger partial charge in [-0.3, -0.25) is 9.59 Å². The maximum absolute atomic E-state index is 12.1. The summed E-state index contributed by atoms with van der Waals surface area (Å²) in [4.78, 5) is 42.5. The van der Waals surface area contributed by atoms with Gasteiger partial charge in [0.2, 0.25) is 5.91 Å². The van der Waals surface area contributed by atoms with Crippen LogP contribution in [0.3, 0.4) is 0 Å². The van der Waals surface area contributed by atoms with E-state index in [0.29, 0.717) is 11.4 Å². The van der Waals surface area contributed by atoms with E-state index < -0.39 is 18.0 Å². The molecule has 1 atom stereocenters. The second-order valence-electron chi connectivity index (χ2n) is 5.09. The molecule has 0 radical (unpaired) electrons. The van der Waals surface area contributed by atoms with Crippen LogP contribution in [0.25, 0.3) is 0 Å². The molecule has 0 aliphatic rings. The fourth-order valence-corrected chi connectivity index (χ4v) is 1.86. The first-order valence-corrected chi connectivity index (χ1v) is 7.33. The van der Waals surface area contributed by atoms with Gasteiger partial charge in [0.15, 0.2) is 17.6 Å². The Hall–Kier alpha value is -3.49. The zero-order valence-corrected chi connectivity index (χ0v) is 13.6. The SMILES string of the molecule is CC(=O)Nc1ccc(NC(=O)[C@@H](C)OC(=O)c2nccnc2N)cc1. The standard InChI is InChI=1S/C16H17N5O4/c1-9(25-16(24)13-14(17)19-8-7-18-13)15(23)21-12-5-3-11(4-6-12)20-10(2)22/h3-9H,1-2H3,(H2,17,19)(H,20,22)(H,21,23)/t9-/m1/s1. The highest BCUT2D eigenvalue weighted by molar-refractivity contribution is 5.98. The summed E-state index contributed by atoms with van der Waals surface area (Å²) in [7, 11) is 0. The molecule has 25 heavy (non-hydrogen) atoms. The predicted molar refractivity (Wildman–Crippen MR) is 90.7 cm³/mol. The van der Waals surface area contributed by atoms with Gasteiger partial charge in [0.25, 0.3) is 5.91 Å². The Morgan fingerprint density at radius 1 is 1.04 bits per heavy atom. The number of carbonyl (C=O) groups is 3. The molecule has 0 saturated carbocycles. The minimum Gasteiger partial charge on any atom is -0.448 e. The molecule has 2 rings (SSSR count). The molecule has 130 valence electrons. The smallest absolute Gasteiger partial charge is 0.361 e. The third-order valence-corrected chi connectivity index (χ3v) is 3.05. The average molecular weight is 343 g/mol. The Balaban J connectivity index is 1.95. The lowest BCUT2D eigenvalue weighted by Crippen LogP contribution is -2.30. The zero-order chi connectivity index (χ0) is 18.4. The number of hydrogen-bond acceptors (Lipinski definition) is 7. The summed E-state index contributed by atoms with van der Waals surface area (Å²) in [5, 5.41) is 5.21. The number of hydrogen-bond donors (Lipinski definition) is 3. The molecule has 0 bridgehead atoms. The number of rotatable bonds is 5. The fourth-order valence-electron chi connectivity index (χ4n) is 1.86. The van der Waals surface area contributed by atoms with Crippen LogP contribution < -0.4 is 16.4 Å². The fraction of sp³-hybridized carbons (Fsp3) is 0.188. The number of esters is 1. The van der Waals surface area contributed by atoms with Crippen LogP contribution in [0.4, 0.5) is 17.2 Å². The molecule has 0 aliphatic heterocycles. The Morgan fingerprint density at radius 3 is 2.16 bits per heavy atom. The van der Waals surface area contributed by atoms with E-state index in [9.17, 15) is 14.4 Å². The number of anilines is 3. The van der Waals surface area contributed by atoms with Crippen molar-refractivity contribution in [3.8, 4) is 0 Å². The Labute approximate surface area is 143 Å². The molecule has 1 heterocycles. The maximum Gasteiger partial charge on any atom is 0.361 e. The minimum atomic E-state index is -1.07. The van der Waals surface area contributed by atoms with Crippen LogP contribution in [-0.4, -0.2) is 33.9 Å². The predicted octanol–water partition coefficient (Wildman–Crippen LogP) is 1.20. The van der Waals surface area contributed by atoms with Crippen molar-refractivity contribution in [1.29, 1.82) is 0 Å². The Kier molecular flexibility index (Phi) is 5.62. The number of nitrogens with zero attached hydrogens (tertiary/aromatic N) is 2. The third-order valence-electron chi connectivity index (χ3n) is 3.05. The number of aromatic nitrogens is 2. The molecule has 9 nitrogen and oxygen atoms in total. The van der Waals surface area contributed by atoms with Gasteiger partial charge < -0.3 is 21.1 Å². The largest absolute Gasteiger partial charge is 0.448 e. The van der Waals surface area contributed by atoms with Gasteiger partial charge in [0, 0.05) is 30.7 Å². The summed E-state index contributed by atoms with van der Waals surface area (Å²) in [5.41, 5.74) is 6.48. The number of nitrogen functional groups attached to an aromatic ring is 1. The second-order valence-corrected chi connectivity index (χ2v) is 5.09. The summed E-state index contributed by atoms with van der Waals surface area (Å²) in [6.45, 7) is 2.82. The van der Waals surface area contributed by atoms with E-state index in [2.05, 4.69) is 20.6 Å². The van der Waals surface area contributed by atoms with E-state index in [4.69, 9.17) is 10.5 Å². The molecule has 0 spiro atoms. The van der Waals surface area contributed by atoms with Crippen LogP contribution in [0.15, 0.2) is 36.7 Å². The lowest BCUT2D eigenvalue weighted by Gasteiger charge is -2.14. The number of amides is 2. The molecule has 0 aliphatic carbocycles. The molecular formula is C16H17N5O4. The summed E-state index contributed by atoms with van der Waals surface area (Å²) in [5.74, 6) is -1.63. The third kappa shape index (κ3) is 4.99. The van der Waals surface area contributed by atoms with Crippen molar-refractivity contribution in [3.05, 3.63) is 42.4 Å². The van der Waals surface area contributed by atoms with Crippen LogP contribution in [0, 0.1) is 0 Å². The quantitative estimate of drug-likeness (QED) is 0.694. The number of benzene rings is 1. The van der Waals surface area contributed by atoms with E-state index in [1.54, 1.807) is 24.3 Å². The molecule has 1 aromatic heterocycles. The molecule has 4 N–H and O–H groups in total. The summed E-state index contributed by atoms with van der Waals surface area (Å²) in [6.07, 6.45) is 1.57.